The van der Waals surface area contributed by atoms with Gasteiger partial charge in [-0.2, -0.15) is 4.31 Å². The number of benzene rings is 1. The van der Waals surface area contributed by atoms with Crippen LogP contribution in [0.2, 0.25) is 0 Å². The Kier molecular flexibility index (Phi) is 6.60. The summed E-state index contributed by atoms with van der Waals surface area (Å²) in [7, 11) is -0.570. The van der Waals surface area contributed by atoms with Gasteiger partial charge in [0.15, 0.2) is 0 Å². The molecule has 0 aliphatic rings. The summed E-state index contributed by atoms with van der Waals surface area (Å²) in [6, 6.07) is 4.60. The molecule has 1 unspecified atom stereocenters. The molecule has 120 valence electrons. The monoisotopic (exact) mass is 316 g/mol. The second-order valence-corrected chi connectivity index (χ2v) is 6.74. The minimum Gasteiger partial charge on any atom is -0.398 e. The van der Waals surface area contributed by atoms with Crippen molar-refractivity contribution in [3.8, 4) is 0 Å². The summed E-state index contributed by atoms with van der Waals surface area (Å²) in [6.07, 6.45) is 0. The zero-order chi connectivity index (χ0) is 16.0. The van der Waals surface area contributed by atoms with E-state index in [1.165, 1.54) is 11.4 Å². The molecule has 1 aromatic carbocycles. The summed E-state index contributed by atoms with van der Waals surface area (Å²) in [5, 5.41) is 0. The Bertz CT molecular complexity index is 560. The van der Waals surface area contributed by atoms with Crippen LogP contribution in [0, 0.1) is 6.92 Å². The number of nitrogens with zero attached hydrogens (tertiary/aromatic N) is 1. The summed E-state index contributed by atoms with van der Waals surface area (Å²) in [5.41, 5.74) is 6.84. The Balaban J connectivity index is 3.23. The molecule has 21 heavy (non-hydrogen) atoms. The van der Waals surface area contributed by atoms with E-state index in [0.29, 0.717) is 24.5 Å². The van der Waals surface area contributed by atoms with Crippen molar-refractivity contribution in [1.29, 1.82) is 0 Å². The van der Waals surface area contributed by atoms with Crippen molar-refractivity contribution in [3.63, 3.8) is 0 Å². The first-order valence-corrected chi connectivity index (χ1v) is 8.15. The molecule has 0 fully saturated rings. The lowest BCUT2D eigenvalue weighted by molar-refractivity contribution is 0.119. The molecule has 0 aromatic heterocycles. The second-order valence-electron chi connectivity index (χ2n) is 4.88. The van der Waals surface area contributed by atoms with Gasteiger partial charge in [0.25, 0.3) is 0 Å². The largest absolute Gasteiger partial charge is 0.398 e. The van der Waals surface area contributed by atoms with E-state index in [9.17, 15) is 8.42 Å². The van der Waals surface area contributed by atoms with Crippen LogP contribution in [0.4, 0.5) is 5.69 Å². The van der Waals surface area contributed by atoms with Crippen LogP contribution in [0.25, 0.3) is 0 Å². The van der Waals surface area contributed by atoms with Crippen LogP contribution in [0.5, 0.6) is 0 Å². The molecule has 1 rings (SSSR count). The second kappa shape index (κ2) is 7.74. The normalized spacial score (nSPS) is 13.6. The van der Waals surface area contributed by atoms with Crippen LogP contribution < -0.4 is 5.73 Å². The Morgan fingerprint density at radius 2 is 1.95 bits per heavy atom. The van der Waals surface area contributed by atoms with E-state index in [1.807, 2.05) is 0 Å². The Hall–Kier alpha value is -1.15. The lowest BCUT2D eigenvalue weighted by Gasteiger charge is -2.28. The Morgan fingerprint density at radius 3 is 2.52 bits per heavy atom. The Labute approximate surface area is 126 Å². The molecule has 1 aromatic rings. The minimum atomic E-state index is -3.65. The van der Waals surface area contributed by atoms with Gasteiger partial charge in [-0.3, -0.25) is 0 Å². The number of hydrogen-bond donors (Lipinski definition) is 1. The maximum atomic E-state index is 12.9. The van der Waals surface area contributed by atoms with Gasteiger partial charge in [-0.25, -0.2) is 8.42 Å². The number of sulfonamides is 1. The first-order chi connectivity index (χ1) is 9.86. The van der Waals surface area contributed by atoms with E-state index < -0.39 is 10.0 Å². The van der Waals surface area contributed by atoms with Crippen molar-refractivity contribution in [3.05, 3.63) is 23.8 Å². The molecular formula is C14H24N2O4S. The first kappa shape index (κ1) is 17.9. The number of ether oxygens (including phenoxy) is 2. The van der Waals surface area contributed by atoms with Gasteiger partial charge in [0.05, 0.1) is 18.1 Å². The van der Waals surface area contributed by atoms with Gasteiger partial charge in [0.1, 0.15) is 0 Å². The maximum Gasteiger partial charge on any atom is 0.243 e. The average Bonchev–Trinajstić information content (AvgIpc) is 2.42. The third kappa shape index (κ3) is 4.16. The van der Waals surface area contributed by atoms with Crippen LogP contribution in [0.1, 0.15) is 12.5 Å². The van der Waals surface area contributed by atoms with Gasteiger partial charge in [-0.05, 0) is 31.5 Å². The van der Waals surface area contributed by atoms with Crippen LogP contribution in [0.3, 0.4) is 0 Å². The molecule has 0 saturated carbocycles. The molecular weight excluding hydrogens is 292 g/mol. The Morgan fingerprint density at radius 1 is 1.29 bits per heavy atom. The van der Waals surface area contributed by atoms with Gasteiger partial charge in [-0.15, -0.1) is 0 Å². The number of nitrogens with two attached hydrogens (primary N) is 1. The van der Waals surface area contributed by atoms with E-state index in [0.717, 1.165) is 0 Å². The maximum absolute atomic E-state index is 12.9. The molecule has 1 atom stereocenters. The lowest BCUT2D eigenvalue weighted by atomic mass is 10.2. The van der Waals surface area contributed by atoms with Gasteiger partial charge in [0.2, 0.25) is 10.0 Å². The van der Waals surface area contributed by atoms with Crippen molar-refractivity contribution < 1.29 is 17.9 Å². The molecule has 7 heteroatoms. The van der Waals surface area contributed by atoms with E-state index in [4.69, 9.17) is 15.2 Å². The number of hydrogen-bond acceptors (Lipinski definition) is 5. The van der Waals surface area contributed by atoms with Crippen LogP contribution in [0.15, 0.2) is 23.1 Å². The van der Waals surface area contributed by atoms with Crippen LogP contribution in [-0.2, 0) is 19.5 Å². The predicted octanol–water partition coefficient (Wildman–Crippen LogP) is 1.25. The molecule has 0 heterocycles. The smallest absolute Gasteiger partial charge is 0.243 e. The SMILES string of the molecule is COCCN(C(C)COC)S(=O)(=O)c1cccc(N)c1C. The lowest BCUT2D eigenvalue weighted by Crippen LogP contribution is -2.43. The molecule has 0 spiro atoms. The fourth-order valence-corrected chi connectivity index (χ4v) is 3.98. The molecule has 2 N–H and O–H groups in total. The van der Waals surface area contributed by atoms with Gasteiger partial charge in [-0.1, -0.05) is 6.07 Å². The van der Waals surface area contributed by atoms with Crippen molar-refractivity contribution in [1.82, 2.24) is 4.31 Å². The van der Waals surface area contributed by atoms with Crippen molar-refractivity contribution in [2.24, 2.45) is 0 Å². The first-order valence-electron chi connectivity index (χ1n) is 6.71. The van der Waals surface area contributed by atoms with E-state index >= 15 is 0 Å². The molecule has 6 nitrogen and oxygen atoms in total. The van der Waals surface area contributed by atoms with Gasteiger partial charge in [0, 0.05) is 32.5 Å². The average molecular weight is 316 g/mol. The van der Waals surface area contributed by atoms with E-state index in [1.54, 1.807) is 39.2 Å². The molecule has 0 amide bonds. The van der Waals surface area contributed by atoms with Crippen molar-refractivity contribution >= 4 is 15.7 Å². The standard InChI is InChI=1S/C14H24N2O4S/c1-11(10-20-4)16(8-9-19-3)21(17,18)14-7-5-6-13(15)12(14)2/h5-7,11H,8-10,15H2,1-4H3. The quantitative estimate of drug-likeness (QED) is 0.730. The molecule has 0 bridgehead atoms. The third-order valence-corrected chi connectivity index (χ3v) is 5.49. The number of methoxy groups -OCH3 is 2. The zero-order valence-corrected chi connectivity index (χ0v) is 13.8. The van der Waals surface area contributed by atoms with Crippen LogP contribution in [-0.4, -0.2) is 52.7 Å². The predicted molar refractivity (Wildman–Crippen MR) is 82.7 cm³/mol. The molecule has 0 aliphatic heterocycles. The number of rotatable bonds is 8. The minimum absolute atomic E-state index is 0.224. The highest BCUT2D eigenvalue weighted by atomic mass is 32.2. The highest BCUT2D eigenvalue weighted by Crippen LogP contribution is 2.25. The fraction of sp³-hybridized carbons (Fsp3) is 0.571. The topological polar surface area (TPSA) is 81.9 Å². The van der Waals surface area contributed by atoms with Crippen molar-refractivity contribution in [2.75, 3.05) is 39.7 Å². The number of nitrogen functional groups attached to an aromatic ring is 1. The molecule has 0 saturated heterocycles. The highest BCUT2D eigenvalue weighted by molar-refractivity contribution is 7.89. The summed E-state index contributed by atoms with van der Waals surface area (Å²) in [6.45, 7) is 4.40. The highest BCUT2D eigenvalue weighted by Gasteiger charge is 2.30. The number of anilines is 1. The van der Waals surface area contributed by atoms with Gasteiger partial charge >= 0.3 is 0 Å². The summed E-state index contributed by atoms with van der Waals surface area (Å²) < 4.78 is 37.3. The fourth-order valence-electron chi connectivity index (χ4n) is 2.12. The molecule has 0 radical (unpaired) electrons. The van der Waals surface area contributed by atoms with Crippen molar-refractivity contribution in [2.45, 2.75) is 24.8 Å². The third-order valence-electron chi connectivity index (χ3n) is 3.33. The van der Waals surface area contributed by atoms with E-state index in [2.05, 4.69) is 0 Å². The zero-order valence-electron chi connectivity index (χ0n) is 13.0. The van der Waals surface area contributed by atoms with Gasteiger partial charge < -0.3 is 15.2 Å². The molecule has 0 aliphatic carbocycles. The summed E-state index contributed by atoms with van der Waals surface area (Å²) >= 11 is 0. The summed E-state index contributed by atoms with van der Waals surface area (Å²) in [5.74, 6) is 0. The van der Waals surface area contributed by atoms with Crippen LogP contribution >= 0.6 is 0 Å². The van der Waals surface area contributed by atoms with E-state index in [-0.39, 0.29) is 17.5 Å². The summed E-state index contributed by atoms with van der Waals surface area (Å²) in [4.78, 5) is 0.224.